The Bertz CT molecular complexity index is 330. The van der Waals surface area contributed by atoms with E-state index in [-0.39, 0.29) is 30.3 Å². The van der Waals surface area contributed by atoms with Gasteiger partial charge in [0.2, 0.25) is 0 Å². The fourth-order valence-corrected chi connectivity index (χ4v) is 3.37. The van der Waals surface area contributed by atoms with E-state index in [4.69, 9.17) is 9.84 Å². The van der Waals surface area contributed by atoms with Crippen LogP contribution in [0.4, 0.5) is 0 Å². The second kappa shape index (κ2) is 5.26. The normalized spacial score (nSPS) is 32.3. The summed E-state index contributed by atoms with van der Waals surface area (Å²) >= 11 is 0. The predicted octanol–water partition coefficient (Wildman–Crippen LogP) is 1.27. The van der Waals surface area contributed by atoms with Gasteiger partial charge < -0.3 is 14.7 Å². The molecule has 0 aromatic carbocycles. The first-order chi connectivity index (χ1) is 8.52. The van der Waals surface area contributed by atoms with Crippen LogP contribution in [0.15, 0.2) is 0 Å². The van der Waals surface area contributed by atoms with Crippen molar-refractivity contribution in [2.75, 3.05) is 7.11 Å². The van der Waals surface area contributed by atoms with Crippen LogP contribution in [0.2, 0.25) is 0 Å². The maximum atomic E-state index is 12.2. The molecule has 2 rings (SSSR count). The zero-order valence-corrected chi connectivity index (χ0v) is 11.0. The standard InChI is InChI=1S/C13H21NO4/c1-8(18-2)13(17)14-10-3-4-11(14)6-9(5-10)7-12(15)16/h8-11H,3-7H2,1-2H3,(H,15,16). The maximum Gasteiger partial charge on any atom is 0.303 e. The molecule has 2 saturated heterocycles. The molecule has 2 heterocycles. The number of methoxy groups -OCH3 is 1. The number of piperidine rings is 1. The van der Waals surface area contributed by atoms with Crippen molar-refractivity contribution in [2.45, 2.75) is 57.2 Å². The van der Waals surface area contributed by atoms with E-state index in [1.807, 2.05) is 4.90 Å². The van der Waals surface area contributed by atoms with Crippen molar-refractivity contribution in [1.29, 1.82) is 0 Å². The van der Waals surface area contributed by atoms with Gasteiger partial charge in [-0.15, -0.1) is 0 Å². The molecule has 1 amide bonds. The molecule has 5 heteroatoms. The van der Waals surface area contributed by atoms with Crippen LogP contribution in [0.1, 0.15) is 39.0 Å². The van der Waals surface area contributed by atoms with Gasteiger partial charge in [0.05, 0.1) is 0 Å². The van der Waals surface area contributed by atoms with Gasteiger partial charge in [-0.2, -0.15) is 0 Å². The van der Waals surface area contributed by atoms with E-state index in [0.29, 0.717) is 0 Å². The molecular formula is C13H21NO4. The number of ether oxygens (including phenoxy) is 1. The van der Waals surface area contributed by atoms with E-state index >= 15 is 0 Å². The van der Waals surface area contributed by atoms with Crippen molar-refractivity contribution >= 4 is 11.9 Å². The minimum atomic E-state index is -0.732. The summed E-state index contributed by atoms with van der Waals surface area (Å²) in [6.45, 7) is 1.77. The molecule has 0 spiro atoms. The Balaban J connectivity index is 2.02. The molecule has 3 atom stereocenters. The van der Waals surface area contributed by atoms with Crippen molar-refractivity contribution < 1.29 is 19.4 Å². The van der Waals surface area contributed by atoms with Gasteiger partial charge in [-0.1, -0.05) is 0 Å². The van der Waals surface area contributed by atoms with Gasteiger partial charge >= 0.3 is 5.97 Å². The maximum absolute atomic E-state index is 12.2. The molecule has 0 aromatic heterocycles. The lowest BCUT2D eigenvalue weighted by atomic mass is 9.88. The monoisotopic (exact) mass is 255 g/mol. The van der Waals surface area contributed by atoms with E-state index in [1.165, 1.54) is 0 Å². The minimum Gasteiger partial charge on any atom is -0.481 e. The largest absolute Gasteiger partial charge is 0.481 e. The van der Waals surface area contributed by atoms with Gasteiger partial charge in [-0.05, 0) is 38.5 Å². The number of carbonyl (C=O) groups is 2. The summed E-state index contributed by atoms with van der Waals surface area (Å²) in [7, 11) is 1.54. The number of fused-ring (bicyclic) bond motifs is 2. The lowest BCUT2D eigenvalue weighted by molar-refractivity contribution is -0.147. The first-order valence-electron chi connectivity index (χ1n) is 6.59. The van der Waals surface area contributed by atoms with Crippen molar-refractivity contribution in [3.8, 4) is 0 Å². The number of amides is 1. The molecule has 2 bridgehead atoms. The summed E-state index contributed by atoms with van der Waals surface area (Å²) in [5.74, 6) is -0.454. The molecular weight excluding hydrogens is 234 g/mol. The van der Waals surface area contributed by atoms with Crippen molar-refractivity contribution in [3.05, 3.63) is 0 Å². The first-order valence-corrected chi connectivity index (χ1v) is 6.59. The average molecular weight is 255 g/mol. The molecule has 0 aromatic rings. The second-order valence-electron chi connectivity index (χ2n) is 5.44. The van der Waals surface area contributed by atoms with Gasteiger partial charge in [0.25, 0.3) is 5.91 Å². The fourth-order valence-electron chi connectivity index (χ4n) is 3.37. The summed E-state index contributed by atoms with van der Waals surface area (Å²) in [5.41, 5.74) is 0. The van der Waals surface area contributed by atoms with Gasteiger partial charge in [0.15, 0.2) is 0 Å². The molecule has 102 valence electrons. The molecule has 3 unspecified atom stereocenters. The number of aliphatic carboxylic acids is 1. The van der Waals surface area contributed by atoms with Crippen LogP contribution < -0.4 is 0 Å². The summed E-state index contributed by atoms with van der Waals surface area (Å²) in [6.07, 6.45) is 3.49. The minimum absolute atomic E-state index is 0.0544. The highest BCUT2D eigenvalue weighted by molar-refractivity contribution is 5.81. The van der Waals surface area contributed by atoms with Crippen LogP contribution in [0.3, 0.4) is 0 Å². The number of carbonyl (C=O) groups excluding carboxylic acids is 1. The number of nitrogens with zero attached hydrogens (tertiary/aromatic N) is 1. The fraction of sp³-hybridized carbons (Fsp3) is 0.846. The van der Waals surface area contributed by atoms with Gasteiger partial charge in [-0.25, -0.2) is 0 Å². The molecule has 5 nitrogen and oxygen atoms in total. The lowest BCUT2D eigenvalue weighted by Crippen LogP contribution is -2.50. The highest BCUT2D eigenvalue weighted by atomic mass is 16.5. The number of hydrogen-bond donors (Lipinski definition) is 1. The van der Waals surface area contributed by atoms with Crippen molar-refractivity contribution in [2.24, 2.45) is 5.92 Å². The third kappa shape index (κ3) is 2.51. The molecule has 0 saturated carbocycles. The van der Waals surface area contributed by atoms with E-state index in [9.17, 15) is 9.59 Å². The third-order valence-electron chi connectivity index (χ3n) is 4.25. The van der Waals surface area contributed by atoms with Gasteiger partial charge in [-0.3, -0.25) is 9.59 Å². The quantitative estimate of drug-likeness (QED) is 0.821. The van der Waals surface area contributed by atoms with E-state index in [2.05, 4.69) is 0 Å². The number of rotatable bonds is 4. The topological polar surface area (TPSA) is 66.8 Å². The SMILES string of the molecule is COC(C)C(=O)N1C2CCC1CC(CC(=O)O)C2. The Hall–Kier alpha value is -1.10. The Morgan fingerprint density at radius 1 is 1.33 bits per heavy atom. The van der Waals surface area contributed by atoms with Crippen LogP contribution in [0, 0.1) is 5.92 Å². The van der Waals surface area contributed by atoms with Crippen LogP contribution in [-0.2, 0) is 14.3 Å². The third-order valence-corrected chi connectivity index (χ3v) is 4.25. The highest BCUT2D eigenvalue weighted by Gasteiger charge is 2.44. The average Bonchev–Trinajstić information content (AvgIpc) is 2.58. The molecule has 2 aliphatic heterocycles. The van der Waals surface area contributed by atoms with Crippen molar-refractivity contribution in [1.82, 2.24) is 4.90 Å². The summed E-state index contributed by atoms with van der Waals surface area (Å²) in [5, 5.41) is 8.86. The van der Waals surface area contributed by atoms with Gasteiger partial charge in [0.1, 0.15) is 6.10 Å². The molecule has 0 aliphatic carbocycles. The van der Waals surface area contributed by atoms with Crippen LogP contribution in [-0.4, -0.2) is 47.2 Å². The zero-order valence-electron chi connectivity index (χ0n) is 11.0. The zero-order chi connectivity index (χ0) is 13.3. The summed E-state index contributed by atoms with van der Waals surface area (Å²) in [6, 6.07) is 0.441. The number of hydrogen-bond acceptors (Lipinski definition) is 3. The smallest absolute Gasteiger partial charge is 0.303 e. The van der Waals surface area contributed by atoms with Crippen LogP contribution in [0.25, 0.3) is 0 Å². The molecule has 18 heavy (non-hydrogen) atoms. The molecule has 2 aliphatic rings. The highest BCUT2D eigenvalue weighted by Crippen LogP contribution is 2.40. The summed E-state index contributed by atoms with van der Waals surface area (Å²) < 4.78 is 5.10. The lowest BCUT2D eigenvalue weighted by Gasteiger charge is -2.39. The van der Waals surface area contributed by atoms with Crippen LogP contribution in [0.5, 0.6) is 0 Å². The summed E-state index contributed by atoms with van der Waals surface area (Å²) in [4.78, 5) is 24.9. The first kappa shape index (κ1) is 13.3. The van der Waals surface area contributed by atoms with Gasteiger partial charge in [0, 0.05) is 25.6 Å². The van der Waals surface area contributed by atoms with E-state index in [0.717, 1.165) is 25.7 Å². The van der Waals surface area contributed by atoms with Crippen molar-refractivity contribution in [3.63, 3.8) is 0 Å². The predicted molar refractivity (Wildman–Crippen MR) is 65.1 cm³/mol. The molecule has 1 N–H and O–H groups in total. The Kier molecular flexibility index (Phi) is 3.90. The second-order valence-corrected chi connectivity index (χ2v) is 5.44. The number of carboxylic acids is 1. The number of carboxylic acid groups (broad SMARTS) is 1. The van der Waals surface area contributed by atoms with E-state index < -0.39 is 12.1 Å². The van der Waals surface area contributed by atoms with Crippen LogP contribution >= 0.6 is 0 Å². The Morgan fingerprint density at radius 2 is 1.89 bits per heavy atom. The Morgan fingerprint density at radius 3 is 2.33 bits per heavy atom. The molecule has 0 radical (unpaired) electrons. The Labute approximate surface area is 107 Å². The van der Waals surface area contributed by atoms with E-state index in [1.54, 1.807) is 14.0 Å². The molecule has 2 fully saturated rings.